The number of aliphatic imine (C=N–C) groups is 1. The zero-order valence-electron chi connectivity index (χ0n) is 13.4. The number of rotatable bonds is 8. The predicted molar refractivity (Wildman–Crippen MR) is 87.9 cm³/mol. The average molecular weight is 303 g/mol. The molecule has 0 spiro atoms. The van der Waals surface area contributed by atoms with Crippen molar-refractivity contribution in [2.75, 3.05) is 19.6 Å². The van der Waals surface area contributed by atoms with E-state index in [1.54, 1.807) is 6.26 Å². The molecular formula is C16H25N5O. The van der Waals surface area contributed by atoms with Gasteiger partial charge in [-0.15, -0.1) is 0 Å². The number of hydrogen-bond donors (Lipinski definition) is 2. The average Bonchev–Trinajstić information content (AvgIpc) is 3.16. The molecule has 0 aliphatic carbocycles. The lowest BCUT2D eigenvalue weighted by molar-refractivity contribution is 0.506. The maximum absolute atomic E-state index is 5.33. The summed E-state index contributed by atoms with van der Waals surface area (Å²) < 4.78 is 7.23. The minimum atomic E-state index is 0.800. The molecule has 6 heteroatoms. The Kier molecular flexibility index (Phi) is 6.54. The second kappa shape index (κ2) is 8.92. The molecule has 0 amide bonds. The number of furan rings is 1. The molecule has 6 nitrogen and oxygen atoms in total. The van der Waals surface area contributed by atoms with Crippen molar-refractivity contribution in [3.63, 3.8) is 0 Å². The lowest BCUT2D eigenvalue weighted by Crippen LogP contribution is -2.39. The van der Waals surface area contributed by atoms with Crippen LogP contribution in [0.3, 0.4) is 0 Å². The first-order chi connectivity index (χ1) is 10.8. The van der Waals surface area contributed by atoms with E-state index in [9.17, 15) is 0 Å². The number of aryl methyl sites for hydroxylation is 1. The Balaban J connectivity index is 1.74. The van der Waals surface area contributed by atoms with Crippen LogP contribution in [0.4, 0.5) is 0 Å². The number of aromatic nitrogens is 2. The van der Waals surface area contributed by atoms with Crippen LogP contribution in [0, 0.1) is 0 Å². The smallest absolute Gasteiger partial charge is 0.191 e. The first-order valence-electron chi connectivity index (χ1n) is 7.81. The topological polar surface area (TPSA) is 67.4 Å². The first-order valence-corrected chi connectivity index (χ1v) is 7.81. The van der Waals surface area contributed by atoms with Gasteiger partial charge in [0.15, 0.2) is 5.96 Å². The molecule has 0 atom stereocenters. The van der Waals surface area contributed by atoms with Gasteiger partial charge in [0, 0.05) is 51.4 Å². The fraction of sp³-hybridized carbons (Fsp3) is 0.500. The highest BCUT2D eigenvalue weighted by Crippen LogP contribution is 1.99. The van der Waals surface area contributed by atoms with Crippen molar-refractivity contribution >= 4 is 5.96 Å². The highest BCUT2D eigenvalue weighted by atomic mass is 16.3. The molecule has 0 unspecified atom stereocenters. The summed E-state index contributed by atoms with van der Waals surface area (Å²) in [6, 6.07) is 5.93. The van der Waals surface area contributed by atoms with Gasteiger partial charge in [0.05, 0.1) is 6.26 Å². The summed E-state index contributed by atoms with van der Waals surface area (Å²) >= 11 is 0. The molecule has 0 saturated heterocycles. The Morgan fingerprint density at radius 1 is 1.27 bits per heavy atom. The van der Waals surface area contributed by atoms with Crippen LogP contribution in [0.5, 0.6) is 0 Å². The van der Waals surface area contributed by atoms with Crippen LogP contribution in [-0.4, -0.2) is 35.4 Å². The van der Waals surface area contributed by atoms with E-state index in [4.69, 9.17) is 4.42 Å². The summed E-state index contributed by atoms with van der Waals surface area (Å²) in [5, 5.41) is 10.9. The number of nitrogens with one attached hydrogen (secondary N) is 2. The highest BCUT2D eigenvalue weighted by Gasteiger charge is 2.02. The fourth-order valence-corrected chi connectivity index (χ4v) is 2.11. The van der Waals surface area contributed by atoms with Gasteiger partial charge in [-0.25, -0.2) is 0 Å². The van der Waals surface area contributed by atoms with E-state index >= 15 is 0 Å². The number of hydrogen-bond acceptors (Lipinski definition) is 3. The third-order valence-corrected chi connectivity index (χ3v) is 3.33. The summed E-state index contributed by atoms with van der Waals surface area (Å²) in [7, 11) is 1.96. The Morgan fingerprint density at radius 3 is 2.73 bits per heavy atom. The van der Waals surface area contributed by atoms with Gasteiger partial charge in [-0.2, -0.15) is 5.10 Å². The van der Waals surface area contributed by atoms with Crippen LogP contribution in [0.25, 0.3) is 0 Å². The molecule has 2 N–H and O–H groups in total. The minimum Gasteiger partial charge on any atom is -0.469 e. The van der Waals surface area contributed by atoms with Gasteiger partial charge >= 0.3 is 0 Å². The van der Waals surface area contributed by atoms with Gasteiger partial charge in [0.25, 0.3) is 0 Å². The Hall–Kier alpha value is -2.24. The molecule has 2 heterocycles. The van der Waals surface area contributed by atoms with E-state index in [0.717, 1.165) is 50.6 Å². The molecule has 0 bridgehead atoms. The van der Waals surface area contributed by atoms with E-state index < -0.39 is 0 Å². The second-order valence-corrected chi connectivity index (χ2v) is 5.11. The van der Waals surface area contributed by atoms with Crippen LogP contribution < -0.4 is 10.6 Å². The van der Waals surface area contributed by atoms with Crippen molar-refractivity contribution in [2.45, 2.75) is 26.2 Å². The van der Waals surface area contributed by atoms with Crippen LogP contribution >= 0.6 is 0 Å². The molecule has 0 aliphatic rings. The van der Waals surface area contributed by atoms with Crippen molar-refractivity contribution in [1.29, 1.82) is 0 Å². The van der Waals surface area contributed by atoms with Gasteiger partial charge in [0.2, 0.25) is 0 Å². The molecule has 0 fully saturated rings. The van der Waals surface area contributed by atoms with Gasteiger partial charge in [-0.3, -0.25) is 9.67 Å². The molecule has 0 aliphatic heterocycles. The predicted octanol–water partition coefficient (Wildman–Crippen LogP) is 1.74. The van der Waals surface area contributed by atoms with Crippen LogP contribution in [0.15, 0.2) is 40.1 Å². The molecule has 2 aromatic heterocycles. The van der Waals surface area contributed by atoms with Gasteiger partial charge in [-0.1, -0.05) is 6.92 Å². The number of guanidine groups is 1. The van der Waals surface area contributed by atoms with Crippen LogP contribution in [0.2, 0.25) is 0 Å². The molecule has 0 radical (unpaired) electrons. The monoisotopic (exact) mass is 303 g/mol. The quantitative estimate of drug-likeness (QED) is 0.576. The van der Waals surface area contributed by atoms with Gasteiger partial charge in [0.1, 0.15) is 5.76 Å². The Bertz CT molecular complexity index is 559. The van der Waals surface area contributed by atoms with Crippen molar-refractivity contribution in [3.05, 3.63) is 42.1 Å². The van der Waals surface area contributed by atoms with E-state index in [1.807, 2.05) is 36.1 Å². The summed E-state index contributed by atoms with van der Waals surface area (Å²) in [6.45, 7) is 4.58. The summed E-state index contributed by atoms with van der Waals surface area (Å²) in [5.74, 6) is 1.84. The standard InChI is InChI=1S/C16H25N5O/c1-3-9-17-16(19-11-8-15-5-4-13-22-15)18-10-6-14-7-12-20-21(14)2/h4-5,7,12-13H,3,6,8-11H2,1-2H3,(H2,17,18,19). The third-order valence-electron chi connectivity index (χ3n) is 3.33. The largest absolute Gasteiger partial charge is 0.469 e. The zero-order chi connectivity index (χ0) is 15.6. The maximum atomic E-state index is 5.33. The molecule has 22 heavy (non-hydrogen) atoms. The van der Waals surface area contributed by atoms with E-state index in [-0.39, 0.29) is 0 Å². The summed E-state index contributed by atoms with van der Waals surface area (Å²) in [6.07, 6.45) is 6.33. The van der Waals surface area contributed by atoms with E-state index in [2.05, 4.69) is 27.6 Å². The zero-order valence-corrected chi connectivity index (χ0v) is 13.4. The maximum Gasteiger partial charge on any atom is 0.191 e. The third kappa shape index (κ3) is 5.27. The minimum absolute atomic E-state index is 0.800. The van der Waals surface area contributed by atoms with E-state index in [1.165, 1.54) is 5.69 Å². The van der Waals surface area contributed by atoms with Crippen molar-refractivity contribution in [2.24, 2.45) is 12.0 Å². The van der Waals surface area contributed by atoms with Crippen molar-refractivity contribution in [3.8, 4) is 0 Å². The summed E-state index contributed by atoms with van der Waals surface area (Å²) in [5.41, 5.74) is 1.21. The normalized spacial score (nSPS) is 11.6. The van der Waals surface area contributed by atoms with Gasteiger partial charge < -0.3 is 15.1 Å². The lowest BCUT2D eigenvalue weighted by Gasteiger charge is -2.12. The number of nitrogens with zero attached hydrogens (tertiary/aromatic N) is 3. The molecule has 0 aromatic carbocycles. The molecule has 2 rings (SSSR count). The molecular weight excluding hydrogens is 278 g/mol. The SMILES string of the molecule is CCCN=C(NCCc1ccco1)NCCc1ccnn1C. The van der Waals surface area contributed by atoms with Crippen LogP contribution in [-0.2, 0) is 19.9 Å². The molecule has 0 saturated carbocycles. The lowest BCUT2D eigenvalue weighted by atomic mass is 10.3. The molecule has 120 valence electrons. The first kappa shape index (κ1) is 16.1. The fourth-order valence-electron chi connectivity index (χ4n) is 2.11. The van der Waals surface area contributed by atoms with Crippen molar-refractivity contribution in [1.82, 2.24) is 20.4 Å². The molecule has 2 aromatic rings. The Morgan fingerprint density at radius 2 is 2.09 bits per heavy atom. The van der Waals surface area contributed by atoms with E-state index in [0.29, 0.717) is 0 Å². The summed E-state index contributed by atoms with van der Waals surface area (Å²) in [4.78, 5) is 4.54. The van der Waals surface area contributed by atoms with Crippen LogP contribution in [0.1, 0.15) is 24.8 Å². The second-order valence-electron chi connectivity index (χ2n) is 5.11. The van der Waals surface area contributed by atoms with Crippen molar-refractivity contribution < 1.29 is 4.42 Å². The van der Waals surface area contributed by atoms with Gasteiger partial charge in [-0.05, 0) is 24.6 Å². The Labute approximate surface area is 131 Å². The highest BCUT2D eigenvalue weighted by molar-refractivity contribution is 5.79.